The summed E-state index contributed by atoms with van der Waals surface area (Å²) in [5.41, 5.74) is 3.90. The van der Waals surface area contributed by atoms with Crippen molar-refractivity contribution >= 4 is 5.82 Å². The van der Waals surface area contributed by atoms with Gasteiger partial charge in [-0.25, -0.2) is 9.97 Å². The van der Waals surface area contributed by atoms with Crippen LogP contribution in [0.1, 0.15) is 29.1 Å². The van der Waals surface area contributed by atoms with Crippen molar-refractivity contribution in [2.24, 2.45) is 0 Å². The summed E-state index contributed by atoms with van der Waals surface area (Å²) < 4.78 is 0. The lowest BCUT2D eigenvalue weighted by Gasteiger charge is -2.26. The van der Waals surface area contributed by atoms with E-state index in [1.165, 1.54) is 22.6 Å². The maximum atomic E-state index is 4.86. The summed E-state index contributed by atoms with van der Waals surface area (Å²) in [5, 5.41) is 3.49. The van der Waals surface area contributed by atoms with E-state index >= 15 is 0 Å². The molecule has 0 bridgehead atoms. The molecule has 4 rings (SSSR count). The second-order valence-electron chi connectivity index (χ2n) is 7.25. The fourth-order valence-corrected chi connectivity index (χ4v) is 4.00. The molecule has 2 aromatic heterocycles. The van der Waals surface area contributed by atoms with E-state index in [2.05, 4.69) is 26.2 Å². The number of aromatic nitrogens is 3. The van der Waals surface area contributed by atoms with Crippen molar-refractivity contribution in [2.45, 2.75) is 32.7 Å². The highest BCUT2D eigenvalue weighted by Gasteiger charge is 2.22. The quantitative estimate of drug-likeness (QED) is 0.905. The van der Waals surface area contributed by atoms with E-state index in [4.69, 9.17) is 9.97 Å². The van der Waals surface area contributed by atoms with Crippen LogP contribution in [0, 0.1) is 6.92 Å². The van der Waals surface area contributed by atoms with E-state index in [-0.39, 0.29) is 0 Å². The number of aryl methyl sites for hydroxylation is 1. The van der Waals surface area contributed by atoms with Gasteiger partial charge in [0, 0.05) is 63.6 Å². The first kappa shape index (κ1) is 17.4. The molecule has 0 radical (unpaired) electrons. The number of anilines is 1. The zero-order valence-corrected chi connectivity index (χ0v) is 15.6. The van der Waals surface area contributed by atoms with Crippen molar-refractivity contribution in [1.82, 2.24) is 25.2 Å². The molecule has 0 atom stereocenters. The topological polar surface area (TPSA) is 57.2 Å². The van der Waals surface area contributed by atoms with Crippen LogP contribution >= 0.6 is 0 Å². The van der Waals surface area contributed by atoms with Crippen LogP contribution in [0.2, 0.25) is 0 Å². The van der Waals surface area contributed by atoms with E-state index in [1.54, 1.807) is 0 Å². The lowest BCUT2D eigenvalue weighted by Crippen LogP contribution is -2.32. The molecule has 4 heterocycles. The van der Waals surface area contributed by atoms with Crippen LogP contribution in [0.3, 0.4) is 0 Å². The number of pyridine rings is 1. The molecular formula is C20H28N6. The molecule has 0 amide bonds. The number of rotatable bonds is 3. The molecule has 0 unspecified atom stereocenters. The van der Waals surface area contributed by atoms with Crippen molar-refractivity contribution in [3.63, 3.8) is 0 Å². The number of hydrogen-bond donors (Lipinski definition) is 1. The summed E-state index contributed by atoms with van der Waals surface area (Å²) in [6, 6.07) is 4.18. The van der Waals surface area contributed by atoms with Gasteiger partial charge in [0.15, 0.2) is 0 Å². The van der Waals surface area contributed by atoms with Crippen LogP contribution in [0.15, 0.2) is 24.5 Å². The van der Waals surface area contributed by atoms with Gasteiger partial charge in [0.1, 0.15) is 11.6 Å². The number of nitrogens with zero attached hydrogens (tertiary/aromatic N) is 5. The number of hydrogen-bond acceptors (Lipinski definition) is 6. The summed E-state index contributed by atoms with van der Waals surface area (Å²) >= 11 is 0. The lowest BCUT2D eigenvalue weighted by atomic mass is 10.1. The van der Waals surface area contributed by atoms with Crippen molar-refractivity contribution < 1.29 is 0 Å². The zero-order valence-electron chi connectivity index (χ0n) is 15.6. The first-order valence-electron chi connectivity index (χ1n) is 9.73. The summed E-state index contributed by atoms with van der Waals surface area (Å²) in [6.45, 7) is 9.32. The van der Waals surface area contributed by atoms with Crippen LogP contribution in [0.25, 0.3) is 0 Å². The van der Waals surface area contributed by atoms with Crippen molar-refractivity contribution in [3.05, 3.63) is 47.2 Å². The smallest absolute Gasteiger partial charge is 0.135 e. The molecule has 2 aromatic rings. The molecule has 6 nitrogen and oxygen atoms in total. The minimum atomic E-state index is 0.900. The van der Waals surface area contributed by atoms with Gasteiger partial charge in [-0.05, 0) is 37.9 Å². The monoisotopic (exact) mass is 352 g/mol. The third-order valence-electron chi connectivity index (χ3n) is 5.29. The van der Waals surface area contributed by atoms with Crippen molar-refractivity contribution in [1.29, 1.82) is 0 Å². The van der Waals surface area contributed by atoms with Gasteiger partial charge in [0.25, 0.3) is 0 Å². The van der Waals surface area contributed by atoms with Crippen LogP contribution in [0.4, 0.5) is 5.82 Å². The highest BCUT2D eigenvalue weighted by atomic mass is 15.3. The summed E-state index contributed by atoms with van der Waals surface area (Å²) in [7, 11) is 0. The van der Waals surface area contributed by atoms with Gasteiger partial charge in [0.05, 0.1) is 5.69 Å². The Morgan fingerprint density at radius 1 is 1.08 bits per heavy atom. The average molecular weight is 352 g/mol. The van der Waals surface area contributed by atoms with Crippen LogP contribution in [-0.2, 0) is 19.4 Å². The van der Waals surface area contributed by atoms with Gasteiger partial charge in [-0.2, -0.15) is 0 Å². The number of fused-ring (bicyclic) bond motifs is 1. The van der Waals surface area contributed by atoms with Crippen LogP contribution < -0.4 is 10.2 Å². The Balaban J connectivity index is 1.50. The van der Waals surface area contributed by atoms with E-state index in [0.717, 1.165) is 70.9 Å². The van der Waals surface area contributed by atoms with Gasteiger partial charge < -0.3 is 10.2 Å². The van der Waals surface area contributed by atoms with Crippen LogP contribution in [0.5, 0.6) is 0 Å². The normalized spacial score (nSPS) is 18.9. The second-order valence-corrected chi connectivity index (χ2v) is 7.25. The van der Waals surface area contributed by atoms with Gasteiger partial charge in [0.2, 0.25) is 0 Å². The summed E-state index contributed by atoms with van der Waals surface area (Å²) in [4.78, 5) is 18.9. The Labute approximate surface area is 155 Å². The van der Waals surface area contributed by atoms with Crippen molar-refractivity contribution in [3.8, 4) is 0 Å². The Morgan fingerprint density at radius 3 is 2.88 bits per heavy atom. The SMILES string of the molecule is Cc1nc2c(c(N3CCCN(Cc4cccnc4)CC3)n1)CCNCC2. The molecule has 2 aliphatic rings. The van der Waals surface area contributed by atoms with Crippen molar-refractivity contribution in [2.75, 3.05) is 44.2 Å². The number of nitrogens with one attached hydrogen (secondary N) is 1. The lowest BCUT2D eigenvalue weighted by molar-refractivity contribution is 0.285. The minimum absolute atomic E-state index is 0.900. The minimum Gasteiger partial charge on any atom is -0.355 e. The maximum Gasteiger partial charge on any atom is 0.135 e. The molecule has 1 saturated heterocycles. The fourth-order valence-electron chi connectivity index (χ4n) is 4.00. The van der Waals surface area contributed by atoms with Gasteiger partial charge in [-0.15, -0.1) is 0 Å². The Kier molecular flexibility index (Phi) is 5.41. The van der Waals surface area contributed by atoms with Gasteiger partial charge >= 0.3 is 0 Å². The Bertz CT molecular complexity index is 733. The molecule has 1 N–H and O–H groups in total. The van der Waals surface area contributed by atoms with Gasteiger partial charge in [-0.3, -0.25) is 9.88 Å². The summed E-state index contributed by atoms with van der Waals surface area (Å²) in [6.07, 6.45) is 7.01. The third kappa shape index (κ3) is 4.02. The molecule has 1 fully saturated rings. The first-order valence-corrected chi connectivity index (χ1v) is 9.73. The standard InChI is InChI=1S/C20H28N6/c1-16-23-19-6-9-21-8-5-18(19)20(24-16)26-11-3-10-25(12-13-26)15-17-4-2-7-22-14-17/h2,4,7,14,21H,3,5-6,8-13,15H2,1H3. The molecule has 2 aliphatic heterocycles. The molecule has 0 aromatic carbocycles. The summed E-state index contributed by atoms with van der Waals surface area (Å²) in [5.74, 6) is 2.08. The maximum absolute atomic E-state index is 4.86. The zero-order chi connectivity index (χ0) is 17.8. The van der Waals surface area contributed by atoms with E-state index in [9.17, 15) is 0 Å². The van der Waals surface area contributed by atoms with Gasteiger partial charge in [-0.1, -0.05) is 6.07 Å². The molecule has 26 heavy (non-hydrogen) atoms. The van der Waals surface area contributed by atoms with E-state index < -0.39 is 0 Å². The van der Waals surface area contributed by atoms with E-state index in [0.29, 0.717) is 0 Å². The molecule has 138 valence electrons. The average Bonchev–Trinajstić information content (AvgIpc) is 3.02. The second kappa shape index (κ2) is 8.10. The Hall–Kier alpha value is -2.05. The third-order valence-corrected chi connectivity index (χ3v) is 5.29. The van der Waals surface area contributed by atoms with E-state index in [1.807, 2.05) is 25.4 Å². The Morgan fingerprint density at radius 2 is 2.00 bits per heavy atom. The van der Waals surface area contributed by atoms with Crippen LogP contribution in [-0.4, -0.2) is 59.1 Å². The molecule has 0 spiro atoms. The molecule has 0 aliphatic carbocycles. The highest BCUT2D eigenvalue weighted by Crippen LogP contribution is 2.24. The molecule has 0 saturated carbocycles. The highest BCUT2D eigenvalue weighted by molar-refractivity contribution is 5.50. The first-order chi connectivity index (χ1) is 12.8. The predicted molar refractivity (Wildman–Crippen MR) is 103 cm³/mol. The molecule has 6 heteroatoms. The molecular weight excluding hydrogens is 324 g/mol. The fraction of sp³-hybridized carbons (Fsp3) is 0.550. The largest absolute Gasteiger partial charge is 0.355 e. The predicted octanol–water partition coefficient (Wildman–Crippen LogP) is 1.58.